The van der Waals surface area contributed by atoms with Crippen molar-refractivity contribution in [3.8, 4) is 0 Å². The minimum atomic E-state index is 0.451. The van der Waals surface area contributed by atoms with Crippen LogP contribution in [-0.2, 0) is 13.1 Å². The predicted molar refractivity (Wildman–Crippen MR) is 101 cm³/mol. The van der Waals surface area contributed by atoms with Gasteiger partial charge in [-0.05, 0) is 37.8 Å². The summed E-state index contributed by atoms with van der Waals surface area (Å²) in [7, 11) is 0. The first-order valence-electron chi connectivity index (χ1n) is 9.95. The Kier molecular flexibility index (Phi) is 4.49. The molecule has 6 heteroatoms. The van der Waals surface area contributed by atoms with Crippen molar-refractivity contribution in [1.82, 2.24) is 24.6 Å². The van der Waals surface area contributed by atoms with E-state index in [0.717, 1.165) is 37.9 Å². The summed E-state index contributed by atoms with van der Waals surface area (Å²) in [6.07, 6.45) is 8.77. The molecule has 0 amide bonds. The Balaban J connectivity index is 1.26. The van der Waals surface area contributed by atoms with E-state index in [-0.39, 0.29) is 0 Å². The smallest absolute Gasteiger partial charge is 0.229 e. The zero-order chi connectivity index (χ0) is 18.1. The highest BCUT2D eigenvalue weighted by atomic mass is 16.5. The molecule has 0 radical (unpaired) electrons. The van der Waals surface area contributed by atoms with E-state index in [1.165, 1.54) is 37.1 Å². The molecule has 1 saturated carbocycles. The van der Waals surface area contributed by atoms with E-state index in [1.807, 2.05) is 6.20 Å². The number of nitrogens with zero attached hydrogens (tertiary/aromatic N) is 5. The molecule has 1 aliphatic heterocycles. The third-order valence-corrected chi connectivity index (χ3v) is 5.59. The number of aromatic nitrogens is 4. The highest BCUT2D eigenvalue weighted by Gasteiger charge is 2.30. The SMILES string of the molecule is c1ccc(Cn2ccnc2[C@@H]2CCCN(Cc3noc(C4CC4)n3)C2)cc1. The fourth-order valence-corrected chi connectivity index (χ4v) is 4.03. The monoisotopic (exact) mass is 363 g/mol. The molecule has 5 rings (SSSR count). The Bertz CT molecular complexity index is 883. The standard InChI is InChI=1S/C21H25N5O/c1-2-5-16(6-3-1)13-26-12-10-22-20(26)18-7-4-11-25(14-18)15-19-23-21(27-24-19)17-8-9-17/h1-3,5-6,10,12,17-18H,4,7-9,11,13-15H2/t18-/m1/s1. The molecular formula is C21H25N5O. The molecule has 1 atom stereocenters. The van der Waals surface area contributed by atoms with Crippen LogP contribution >= 0.6 is 0 Å². The summed E-state index contributed by atoms with van der Waals surface area (Å²) < 4.78 is 7.71. The Morgan fingerprint density at radius 2 is 1.93 bits per heavy atom. The van der Waals surface area contributed by atoms with Crippen LogP contribution in [0.25, 0.3) is 0 Å². The van der Waals surface area contributed by atoms with Crippen molar-refractivity contribution in [2.75, 3.05) is 13.1 Å². The summed E-state index contributed by atoms with van der Waals surface area (Å²) in [6, 6.07) is 10.6. The molecule has 1 aliphatic carbocycles. The maximum Gasteiger partial charge on any atom is 0.229 e. The predicted octanol–water partition coefficient (Wildman–Crippen LogP) is 3.57. The van der Waals surface area contributed by atoms with E-state index >= 15 is 0 Å². The van der Waals surface area contributed by atoms with Crippen LogP contribution in [0.5, 0.6) is 0 Å². The highest BCUT2D eigenvalue weighted by Crippen LogP contribution is 2.39. The first-order valence-corrected chi connectivity index (χ1v) is 9.95. The van der Waals surface area contributed by atoms with Crippen LogP contribution in [0.3, 0.4) is 0 Å². The maximum absolute atomic E-state index is 5.41. The van der Waals surface area contributed by atoms with Crippen molar-refractivity contribution in [3.63, 3.8) is 0 Å². The molecule has 140 valence electrons. The summed E-state index contributed by atoms with van der Waals surface area (Å²) in [6.45, 7) is 3.73. The van der Waals surface area contributed by atoms with Crippen LogP contribution in [0.4, 0.5) is 0 Å². The lowest BCUT2D eigenvalue weighted by molar-refractivity contribution is 0.188. The highest BCUT2D eigenvalue weighted by molar-refractivity contribution is 5.16. The van der Waals surface area contributed by atoms with Crippen LogP contribution in [0.15, 0.2) is 47.2 Å². The van der Waals surface area contributed by atoms with Gasteiger partial charge in [0.15, 0.2) is 5.82 Å². The molecule has 0 unspecified atom stereocenters. The molecule has 3 heterocycles. The number of piperidine rings is 1. The zero-order valence-corrected chi connectivity index (χ0v) is 15.5. The van der Waals surface area contributed by atoms with Gasteiger partial charge in [-0.25, -0.2) is 4.98 Å². The fraction of sp³-hybridized carbons (Fsp3) is 0.476. The zero-order valence-electron chi connectivity index (χ0n) is 15.5. The average molecular weight is 363 g/mol. The third kappa shape index (κ3) is 3.81. The van der Waals surface area contributed by atoms with E-state index in [9.17, 15) is 0 Å². The van der Waals surface area contributed by atoms with Crippen molar-refractivity contribution >= 4 is 0 Å². The molecule has 27 heavy (non-hydrogen) atoms. The van der Waals surface area contributed by atoms with Gasteiger partial charge in [0.2, 0.25) is 5.89 Å². The summed E-state index contributed by atoms with van der Waals surface area (Å²) in [5.74, 6) is 3.82. The van der Waals surface area contributed by atoms with E-state index in [0.29, 0.717) is 11.8 Å². The number of rotatable bonds is 6. The van der Waals surface area contributed by atoms with Gasteiger partial charge >= 0.3 is 0 Å². The number of hydrogen-bond donors (Lipinski definition) is 0. The molecule has 2 fully saturated rings. The summed E-state index contributed by atoms with van der Waals surface area (Å²) >= 11 is 0. The molecule has 0 spiro atoms. The Labute approximate surface area is 159 Å². The number of likely N-dealkylation sites (tertiary alicyclic amines) is 1. The van der Waals surface area contributed by atoms with E-state index in [2.05, 4.69) is 56.1 Å². The van der Waals surface area contributed by atoms with Crippen LogP contribution in [0.2, 0.25) is 0 Å². The topological polar surface area (TPSA) is 60.0 Å². The third-order valence-electron chi connectivity index (χ3n) is 5.59. The largest absolute Gasteiger partial charge is 0.339 e. The number of benzene rings is 1. The van der Waals surface area contributed by atoms with Gasteiger partial charge in [0.1, 0.15) is 5.82 Å². The second-order valence-electron chi connectivity index (χ2n) is 7.80. The second-order valence-corrected chi connectivity index (χ2v) is 7.80. The van der Waals surface area contributed by atoms with Gasteiger partial charge in [-0.1, -0.05) is 35.5 Å². The fourth-order valence-electron chi connectivity index (χ4n) is 4.03. The number of imidazole rings is 1. The van der Waals surface area contributed by atoms with Crippen LogP contribution < -0.4 is 0 Å². The van der Waals surface area contributed by atoms with Crippen molar-refractivity contribution < 1.29 is 4.52 Å². The van der Waals surface area contributed by atoms with Gasteiger partial charge in [-0.2, -0.15) is 4.98 Å². The van der Waals surface area contributed by atoms with Crippen molar-refractivity contribution in [2.45, 2.75) is 50.6 Å². The molecule has 2 aromatic heterocycles. The van der Waals surface area contributed by atoms with Gasteiger partial charge < -0.3 is 9.09 Å². The lowest BCUT2D eigenvalue weighted by atomic mass is 9.97. The Morgan fingerprint density at radius 3 is 2.78 bits per heavy atom. The average Bonchev–Trinajstić information content (AvgIpc) is 3.27. The minimum Gasteiger partial charge on any atom is -0.339 e. The van der Waals surface area contributed by atoms with Crippen molar-refractivity contribution in [1.29, 1.82) is 0 Å². The van der Waals surface area contributed by atoms with Crippen molar-refractivity contribution in [2.24, 2.45) is 0 Å². The van der Waals surface area contributed by atoms with Gasteiger partial charge in [0, 0.05) is 37.3 Å². The summed E-state index contributed by atoms with van der Waals surface area (Å²) in [4.78, 5) is 11.7. The molecule has 3 aromatic rings. The van der Waals surface area contributed by atoms with E-state index in [4.69, 9.17) is 9.51 Å². The quantitative estimate of drug-likeness (QED) is 0.670. The molecule has 1 aromatic carbocycles. The van der Waals surface area contributed by atoms with Crippen LogP contribution in [0, 0.1) is 0 Å². The molecule has 0 N–H and O–H groups in total. The normalized spacial score (nSPS) is 20.8. The van der Waals surface area contributed by atoms with Gasteiger partial charge in [0.25, 0.3) is 0 Å². The first-order chi connectivity index (χ1) is 13.3. The maximum atomic E-state index is 5.41. The molecule has 2 aliphatic rings. The van der Waals surface area contributed by atoms with E-state index < -0.39 is 0 Å². The van der Waals surface area contributed by atoms with Gasteiger partial charge in [0.05, 0.1) is 6.54 Å². The molecular weight excluding hydrogens is 338 g/mol. The number of hydrogen-bond acceptors (Lipinski definition) is 5. The lowest BCUT2D eigenvalue weighted by Gasteiger charge is -2.31. The minimum absolute atomic E-state index is 0.451. The lowest BCUT2D eigenvalue weighted by Crippen LogP contribution is -2.35. The molecule has 0 bridgehead atoms. The van der Waals surface area contributed by atoms with Gasteiger partial charge in [-0.15, -0.1) is 0 Å². The summed E-state index contributed by atoms with van der Waals surface area (Å²) in [5, 5.41) is 4.18. The first kappa shape index (κ1) is 16.7. The summed E-state index contributed by atoms with van der Waals surface area (Å²) in [5.41, 5.74) is 1.31. The molecule has 6 nitrogen and oxygen atoms in total. The van der Waals surface area contributed by atoms with Crippen molar-refractivity contribution in [3.05, 3.63) is 65.8 Å². The molecule has 1 saturated heterocycles. The van der Waals surface area contributed by atoms with Crippen LogP contribution in [0.1, 0.15) is 60.6 Å². The van der Waals surface area contributed by atoms with Gasteiger partial charge in [-0.3, -0.25) is 4.90 Å². The van der Waals surface area contributed by atoms with E-state index in [1.54, 1.807) is 0 Å². The Hall–Kier alpha value is -2.47. The Morgan fingerprint density at radius 1 is 1.04 bits per heavy atom. The second kappa shape index (κ2) is 7.27. The van der Waals surface area contributed by atoms with Crippen LogP contribution in [-0.4, -0.2) is 37.7 Å².